The van der Waals surface area contributed by atoms with Crippen LogP contribution in [0.4, 0.5) is 0 Å². The van der Waals surface area contributed by atoms with Crippen LogP contribution in [0.25, 0.3) is 0 Å². The van der Waals surface area contributed by atoms with Crippen LogP contribution in [0, 0.1) is 5.92 Å². The molecule has 2 rings (SSSR count). The molecule has 0 radical (unpaired) electrons. The zero-order valence-corrected chi connectivity index (χ0v) is 7.18. The van der Waals surface area contributed by atoms with Crippen LogP contribution in [0.2, 0.25) is 0 Å². The highest BCUT2D eigenvalue weighted by Gasteiger charge is 2.38. The highest BCUT2D eigenvalue weighted by Crippen LogP contribution is 2.41. The highest BCUT2D eigenvalue weighted by molar-refractivity contribution is 5.72. The van der Waals surface area contributed by atoms with Crippen LogP contribution in [0.5, 0.6) is 0 Å². The number of aliphatic carboxylic acids is 1. The molecule has 1 aliphatic carbocycles. The van der Waals surface area contributed by atoms with E-state index >= 15 is 0 Å². The maximum atomic E-state index is 10.7. The second-order valence-electron chi connectivity index (χ2n) is 3.38. The third-order valence-electron chi connectivity index (χ3n) is 2.66. The van der Waals surface area contributed by atoms with Gasteiger partial charge in [-0.3, -0.25) is 9.78 Å². The molecule has 1 aromatic rings. The van der Waals surface area contributed by atoms with Crippen LogP contribution >= 0.6 is 0 Å². The van der Waals surface area contributed by atoms with Gasteiger partial charge in [-0.15, -0.1) is 0 Å². The van der Waals surface area contributed by atoms with Gasteiger partial charge < -0.3 is 5.11 Å². The van der Waals surface area contributed by atoms with E-state index in [1.54, 1.807) is 6.20 Å². The Morgan fingerprint density at radius 1 is 1.46 bits per heavy atom. The van der Waals surface area contributed by atoms with Gasteiger partial charge in [0.25, 0.3) is 0 Å². The van der Waals surface area contributed by atoms with Gasteiger partial charge in [-0.05, 0) is 25.0 Å². The predicted molar refractivity (Wildman–Crippen MR) is 47.3 cm³/mol. The van der Waals surface area contributed by atoms with Crippen molar-refractivity contribution in [2.45, 2.75) is 18.8 Å². The lowest BCUT2D eigenvalue weighted by Gasteiger charge is -2.32. The van der Waals surface area contributed by atoms with Crippen molar-refractivity contribution in [1.29, 1.82) is 0 Å². The van der Waals surface area contributed by atoms with Crippen molar-refractivity contribution in [2.75, 3.05) is 0 Å². The molecule has 0 unspecified atom stereocenters. The van der Waals surface area contributed by atoms with Gasteiger partial charge in [-0.1, -0.05) is 6.07 Å². The number of rotatable bonds is 2. The summed E-state index contributed by atoms with van der Waals surface area (Å²) in [6.07, 6.45) is 3.46. The molecule has 1 fully saturated rings. The first-order valence-corrected chi connectivity index (χ1v) is 4.43. The van der Waals surface area contributed by atoms with Gasteiger partial charge in [0, 0.05) is 17.8 Å². The molecule has 3 heteroatoms. The zero-order chi connectivity index (χ0) is 9.26. The van der Waals surface area contributed by atoms with E-state index in [1.807, 2.05) is 18.2 Å². The van der Waals surface area contributed by atoms with Crippen molar-refractivity contribution in [3.63, 3.8) is 0 Å². The maximum Gasteiger partial charge on any atom is 0.307 e. The van der Waals surface area contributed by atoms with E-state index in [0.717, 1.165) is 18.5 Å². The molecule has 1 N–H and O–H groups in total. The van der Waals surface area contributed by atoms with Crippen LogP contribution in [-0.4, -0.2) is 16.1 Å². The second-order valence-corrected chi connectivity index (χ2v) is 3.38. The number of aromatic nitrogens is 1. The Morgan fingerprint density at radius 2 is 2.31 bits per heavy atom. The van der Waals surface area contributed by atoms with Gasteiger partial charge in [0.2, 0.25) is 0 Å². The normalized spacial score (nSPS) is 26.5. The maximum absolute atomic E-state index is 10.7. The predicted octanol–water partition coefficient (Wildman–Crippen LogP) is 1.66. The summed E-state index contributed by atoms with van der Waals surface area (Å²) in [5, 5.41) is 8.84. The number of nitrogens with zero attached hydrogens (tertiary/aromatic N) is 1. The molecule has 1 aliphatic rings. The summed E-state index contributed by atoms with van der Waals surface area (Å²) in [5.41, 5.74) is 0.918. The Hall–Kier alpha value is -1.38. The fourth-order valence-corrected chi connectivity index (χ4v) is 1.74. The fraction of sp³-hybridized carbons (Fsp3) is 0.400. The second kappa shape index (κ2) is 3.17. The standard InChI is InChI=1S/C10H11NO2/c12-10(13)8-5-4-7(8)9-3-1-2-6-11-9/h1-3,6-8H,4-5H2,(H,12,13)/t7-,8-/m0/s1. The number of hydrogen-bond acceptors (Lipinski definition) is 2. The summed E-state index contributed by atoms with van der Waals surface area (Å²) in [4.78, 5) is 14.9. The average Bonchev–Trinajstić information content (AvgIpc) is 2.02. The van der Waals surface area contributed by atoms with E-state index in [0.29, 0.717) is 0 Å². The monoisotopic (exact) mass is 177 g/mol. The van der Waals surface area contributed by atoms with Gasteiger partial charge in [0.05, 0.1) is 5.92 Å². The largest absolute Gasteiger partial charge is 0.481 e. The quantitative estimate of drug-likeness (QED) is 0.747. The Morgan fingerprint density at radius 3 is 2.77 bits per heavy atom. The van der Waals surface area contributed by atoms with Crippen molar-refractivity contribution >= 4 is 5.97 Å². The highest BCUT2D eigenvalue weighted by atomic mass is 16.4. The number of carbonyl (C=O) groups is 1. The minimum absolute atomic E-state index is 0.138. The summed E-state index contributed by atoms with van der Waals surface area (Å²) >= 11 is 0. The molecule has 3 nitrogen and oxygen atoms in total. The SMILES string of the molecule is O=C(O)[C@H]1CC[C@@H]1c1ccccn1. The van der Waals surface area contributed by atoms with Crippen molar-refractivity contribution in [1.82, 2.24) is 4.98 Å². The Kier molecular flexibility index (Phi) is 2.00. The van der Waals surface area contributed by atoms with Crippen molar-refractivity contribution in [3.8, 4) is 0 Å². The van der Waals surface area contributed by atoms with E-state index in [1.165, 1.54) is 0 Å². The smallest absolute Gasteiger partial charge is 0.307 e. The zero-order valence-electron chi connectivity index (χ0n) is 7.18. The third kappa shape index (κ3) is 1.41. The summed E-state index contributed by atoms with van der Waals surface area (Å²) in [5.74, 6) is -0.768. The molecule has 1 heterocycles. The first-order chi connectivity index (χ1) is 6.29. The van der Waals surface area contributed by atoms with Crippen LogP contribution in [-0.2, 0) is 4.79 Å². The van der Waals surface area contributed by atoms with Gasteiger partial charge in [0.15, 0.2) is 0 Å². The minimum atomic E-state index is -0.693. The summed E-state index contributed by atoms with van der Waals surface area (Å²) in [6.45, 7) is 0. The molecule has 0 amide bonds. The van der Waals surface area contributed by atoms with Crippen LogP contribution in [0.1, 0.15) is 24.5 Å². The van der Waals surface area contributed by atoms with Gasteiger partial charge in [0.1, 0.15) is 0 Å². The molecule has 0 aromatic carbocycles. The first kappa shape index (κ1) is 8.23. The summed E-state index contributed by atoms with van der Waals surface area (Å²) in [6, 6.07) is 5.65. The number of carboxylic acid groups (broad SMARTS) is 1. The van der Waals surface area contributed by atoms with Gasteiger partial charge >= 0.3 is 5.97 Å². The van der Waals surface area contributed by atoms with Crippen molar-refractivity contribution < 1.29 is 9.90 Å². The topological polar surface area (TPSA) is 50.2 Å². The number of hydrogen-bond donors (Lipinski definition) is 1. The molecule has 1 saturated carbocycles. The van der Waals surface area contributed by atoms with Crippen LogP contribution in [0.15, 0.2) is 24.4 Å². The number of carboxylic acids is 1. The van der Waals surface area contributed by atoms with Gasteiger partial charge in [-0.2, -0.15) is 0 Å². The van der Waals surface area contributed by atoms with Crippen molar-refractivity contribution in [3.05, 3.63) is 30.1 Å². The van der Waals surface area contributed by atoms with E-state index in [4.69, 9.17) is 5.11 Å². The third-order valence-corrected chi connectivity index (χ3v) is 2.66. The Balaban J connectivity index is 2.15. The van der Waals surface area contributed by atoms with E-state index in [-0.39, 0.29) is 11.8 Å². The lowest BCUT2D eigenvalue weighted by molar-refractivity contribution is -0.145. The number of pyridine rings is 1. The van der Waals surface area contributed by atoms with Gasteiger partial charge in [-0.25, -0.2) is 0 Å². The summed E-state index contributed by atoms with van der Waals surface area (Å²) in [7, 11) is 0. The summed E-state index contributed by atoms with van der Waals surface area (Å²) < 4.78 is 0. The molecular formula is C10H11NO2. The molecule has 0 saturated heterocycles. The molecule has 0 bridgehead atoms. The average molecular weight is 177 g/mol. The lowest BCUT2D eigenvalue weighted by atomic mass is 9.72. The molecule has 0 aliphatic heterocycles. The minimum Gasteiger partial charge on any atom is -0.481 e. The molecule has 1 aromatic heterocycles. The molecule has 0 spiro atoms. The first-order valence-electron chi connectivity index (χ1n) is 4.43. The van der Waals surface area contributed by atoms with Crippen LogP contribution in [0.3, 0.4) is 0 Å². The fourth-order valence-electron chi connectivity index (χ4n) is 1.74. The Labute approximate surface area is 76.4 Å². The lowest BCUT2D eigenvalue weighted by Crippen LogP contribution is -2.31. The van der Waals surface area contributed by atoms with Crippen LogP contribution < -0.4 is 0 Å². The molecule has 2 atom stereocenters. The van der Waals surface area contributed by atoms with Crippen molar-refractivity contribution in [2.24, 2.45) is 5.92 Å². The molecule has 68 valence electrons. The van der Waals surface area contributed by atoms with E-state index in [2.05, 4.69) is 4.98 Å². The Bertz CT molecular complexity index is 310. The van der Waals surface area contributed by atoms with E-state index < -0.39 is 5.97 Å². The molecular weight excluding hydrogens is 166 g/mol. The molecule has 13 heavy (non-hydrogen) atoms. The van der Waals surface area contributed by atoms with E-state index in [9.17, 15) is 4.79 Å².